The van der Waals surface area contributed by atoms with Crippen LogP contribution >= 0.6 is 7.92 Å². The normalized spacial score (nSPS) is 10.2. The number of rotatable bonds is 3. The van der Waals surface area contributed by atoms with Crippen LogP contribution in [0.15, 0.2) is 127 Å². The van der Waals surface area contributed by atoms with Gasteiger partial charge in [-0.1, -0.05) is 78.9 Å². The molecule has 0 unspecified atom stereocenters. The Hall–Kier alpha value is -3.35. The van der Waals surface area contributed by atoms with E-state index >= 15 is 0 Å². The van der Waals surface area contributed by atoms with Crippen molar-refractivity contribution >= 4 is 45.6 Å². The van der Waals surface area contributed by atoms with Gasteiger partial charge in [0, 0.05) is 22.2 Å². The molecule has 4 heteroatoms. The minimum absolute atomic E-state index is 0. The molecule has 2 aromatic heterocycles. The first-order chi connectivity index (χ1) is 17.2. The molecule has 0 N–H and O–H groups in total. The SMILES string of the molecule is Cc1ccc2ccc3ccc(C)nc3c2n1.[CH3-].[Cu+].c1ccc([PH+](c2ccccc2)c2ccccc2)cc1. The number of hydrogen-bond donors (Lipinski definition) is 0. The Morgan fingerprint density at radius 3 is 1.05 bits per heavy atom. The largest absolute Gasteiger partial charge is 1.00 e. The van der Waals surface area contributed by atoms with Crippen molar-refractivity contribution in [2.24, 2.45) is 0 Å². The van der Waals surface area contributed by atoms with E-state index in [0.717, 1.165) is 33.2 Å². The first-order valence-corrected chi connectivity index (χ1v) is 13.4. The van der Waals surface area contributed by atoms with Gasteiger partial charge in [0.2, 0.25) is 0 Å². The van der Waals surface area contributed by atoms with Gasteiger partial charge in [-0.2, -0.15) is 0 Å². The molecule has 0 saturated heterocycles. The van der Waals surface area contributed by atoms with Gasteiger partial charge in [0.15, 0.2) is 0 Å². The van der Waals surface area contributed by atoms with Crippen molar-refractivity contribution in [3.63, 3.8) is 0 Å². The Balaban J connectivity index is 0.000000197. The summed E-state index contributed by atoms with van der Waals surface area (Å²) in [6.45, 7) is 4.02. The molecule has 6 aromatic rings. The second-order valence-electron chi connectivity index (χ2n) is 8.59. The smallest absolute Gasteiger partial charge is 0.358 e. The van der Waals surface area contributed by atoms with Gasteiger partial charge in [-0.25, -0.2) is 0 Å². The van der Waals surface area contributed by atoms with Gasteiger partial charge >= 0.3 is 17.1 Å². The molecule has 0 atom stereocenters. The zero-order valence-electron chi connectivity index (χ0n) is 21.3. The summed E-state index contributed by atoms with van der Waals surface area (Å²) in [4.78, 5) is 9.16. The summed E-state index contributed by atoms with van der Waals surface area (Å²) in [5.41, 5.74) is 4.06. The molecule has 0 bridgehead atoms. The van der Waals surface area contributed by atoms with Crippen LogP contribution in [0.2, 0.25) is 0 Å². The zero-order chi connectivity index (χ0) is 24.0. The van der Waals surface area contributed by atoms with Crippen molar-refractivity contribution in [1.29, 1.82) is 0 Å². The van der Waals surface area contributed by atoms with Crippen molar-refractivity contribution in [1.82, 2.24) is 9.97 Å². The van der Waals surface area contributed by atoms with Crippen LogP contribution < -0.4 is 15.9 Å². The molecule has 0 fully saturated rings. The van der Waals surface area contributed by atoms with E-state index in [0.29, 0.717) is 0 Å². The fourth-order valence-corrected chi connectivity index (χ4v) is 6.85. The number of hydrogen-bond acceptors (Lipinski definition) is 2. The summed E-state index contributed by atoms with van der Waals surface area (Å²) in [5, 5.41) is 6.60. The van der Waals surface area contributed by atoms with E-state index in [4.69, 9.17) is 0 Å². The van der Waals surface area contributed by atoms with Gasteiger partial charge in [-0.05, 0) is 62.4 Å². The quantitative estimate of drug-likeness (QED) is 0.102. The molecule has 0 saturated carbocycles. The van der Waals surface area contributed by atoms with Crippen LogP contribution in [0.3, 0.4) is 0 Å². The monoisotopic (exact) mass is 549 g/mol. The average Bonchev–Trinajstić information content (AvgIpc) is 2.91. The second kappa shape index (κ2) is 13.3. The number of nitrogens with zero attached hydrogens (tertiary/aromatic N) is 2. The molecule has 0 aliphatic rings. The van der Waals surface area contributed by atoms with Crippen molar-refractivity contribution in [2.45, 2.75) is 13.8 Å². The van der Waals surface area contributed by atoms with Crippen molar-refractivity contribution in [2.75, 3.05) is 0 Å². The molecular weight excluding hydrogens is 519 g/mol. The van der Waals surface area contributed by atoms with Crippen LogP contribution in [-0.4, -0.2) is 9.97 Å². The van der Waals surface area contributed by atoms with Crippen molar-refractivity contribution < 1.29 is 17.1 Å². The Labute approximate surface area is 232 Å². The number of fused-ring (bicyclic) bond motifs is 3. The molecular formula is C33H31CuN2P+. The van der Waals surface area contributed by atoms with E-state index in [9.17, 15) is 0 Å². The molecule has 0 amide bonds. The van der Waals surface area contributed by atoms with E-state index in [1.807, 2.05) is 26.0 Å². The fourth-order valence-electron chi connectivity index (χ4n) is 4.28. The van der Waals surface area contributed by atoms with E-state index in [2.05, 4.69) is 125 Å². The predicted molar refractivity (Wildman–Crippen MR) is 159 cm³/mol. The third-order valence-corrected chi connectivity index (χ3v) is 8.72. The number of aryl methyl sites for hydroxylation is 2. The molecule has 0 aliphatic carbocycles. The second-order valence-corrected chi connectivity index (χ2v) is 11.1. The summed E-state index contributed by atoms with van der Waals surface area (Å²) in [5.74, 6) is 0. The molecule has 37 heavy (non-hydrogen) atoms. The molecule has 2 nitrogen and oxygen atoms in total. The molecule has 0 aliphatic heterocycles. The first kappa shape index (κ1) is 28.2. The summed E-state index contributed by atoms with van der Waals surface area (Å²) in [6, 6.07) is 45.0. The van der Waals surface area contributed by atoms with Crippen LogP contribution in [0.1, 0.15) is 11.4 Å². The average molecular weight is 550 g/mol. The number of benzene rings is 4. The Morgan fingerprint density at radius 2 is 0.730 bits per heavy atom. The van der Waals surface area contributed by atoms with Gasteiger partial charge in [0.05, 0.1) is 19.0 Å². The maximum Gasteiger partial charge on any atom is 1.00 e. The van der Waals surface area contributed by atoms with Crippen LogP contribution in [-0.2, 0) is 17.1 Å². The standard InChI is InChI=1S/C18H15P.C14H12N2.CH3.Cu/c1-4-10-16(11-5-1)19(17-12-6-2-7-13-17)18-14-8-3-9-15-18;1-9-3-5-11-7-8-12-6-4-10(2)16-14(12)13(11)15-9;;/h1-15H;3-8H,1-2H3;1H3;/q;;-1;+1/p+1. The van der Waals surface area contributed by atoms with Crippen LogP contribution in [0.25, 0.3) is 21.8 Å². The molecule has 6 rings (SSSR count). The fraction of sp³-hybridized carbons (Fsp3) is 0.0606. The number of pyridine rings is 2. The van der Waals surface area contributed by atoms with Crippen molar-refractivity contribution in [3.05, 3.63) is 146 Å². The topological polar surface area (TPSA) is 25.8 Å². The van der Waals surface area contributed by atoms with Gasteiger partial charge < -0.3 is 7.43 Å². The van der Waals surface area contributed by atoms with Crippen LogP contribution in [0, 0.1) is 21.3 Å². The molecule has 0 spiro atoms. The summed E-state index contributed by atoms with van der Waals surface area (Å²) < 4.78 is 0. The van der Waals surface area contributed by atoms with Gasteiger partial charge in [0.1, 0.15) is 15.9 Å². The zero-order valence-corrected chi connectivity index (χ0v) is 23.3. The van der Waals surface area contributed by atoms with Gasteiger partial charge in [-0.15, -0.1) is 0 Å². The summed E-state index contributed by atoms with van der Waals surface area (Å²) in [6.07, 6.45) is 0. The predicted octanol–water partition coefficient (Wildman–Crippen LogP) is 7.02. The first-order valence-electron chi connectivity index (χ1n) is 11.9. The maximum absolute atomic E-state index is 4.58. The Morgan fingerprint density at radius 1 is 0.432 bits per heavy atom. The third-order valence-electron chi connectivity index (χ3n) is 5.99. The van der Waals surface area contributed by atoms with Crippen LogP contribution in [0.5, 0.6) is 0 Å². The maximum atomic E-state index is 4.58. The molecule has 188 valence electrons. The molecule has 0 radical (unpaired) electrons. The molecule has 2 heterocycles. The Kier molecular flexibility index (Phi) is 10.1. The summed E-state index contributed by atoms with van der Waals surface area (Å²) in [7, 11) is -0.877. The number of aromatic nitrogens is 2. The van der Waals surface area contributed by atoms with E-state index in [1.54, 1.807) is 0 Å². The minimum atomic E-state index is -0.877. The summed E-state index contributed by atoms with van der Waals surface area (Å²) >= 11 is 0. The van der Waals surface area contributed by atoms with E-state index in [1.165, 1.54) is 15.9 Å². The van der Waals surface area contributed by atoms with E-state index < -0.39 is 7.92 Å². The van der Waals surface area contributed by atoms with Crippen LogP contribution in [0.4, 0.5) is 0 Å². The third kappa shape index (κ3) is 6.70. The van der Waals surface area contributed by atoms with Gasteiger partial charge in [0.25, 0.3) is 0 Å². The van der Waals surface area contributed by atoms with E-state index in [-0.39, 0.29) is 24.5 Å². The Bertz CT molecular complexity index is 1400. The molecule has 4 aromatic carbocycles. The van der Waals surface area contributed by atoms with Crippen molar-refractivity contribution in [3.8, 4) is 0 Å². The minimum Gasteiger partial charge on any atom is -0.358 e. The van der Waals surface area contributed by atoms with Gasteiger partial charge in [-0.3, -0.25) is 9.97 Å².